The third-order valence-electron chi connectivity index (χ3n) is 1.83. The van der Waals surface area contributed by atoms with Gasteiger partial charge in [-0.2, -0.15) is 13.2 Å². The van der Waals surface area contributed by atoms with E-state index < -0.39 is 12.6 Å². The summed E-state index contributed by atoms with van der Waals surface area (Å²) in [6, 6.07) is 3.17. The molecule has 0 saturated heterocycles. The Morgan fingerprint density at radius 3 is 2.67 bits per heavy atom. The quantitative estimate of drug-likeness (QED) is 0.836. The lowest BCUT2D eigenvalue weighted by Crippen LogP contribution is -2.20. The lowest BCUT2D eigenvalue weighted by molar-refractivity contribution is -0.135. The Morgan fingerprint density at radius 2 is 2.07 bits per heavy atom. The predicted octanol–water partition coefficient (Wildman–Crippen LogP) is 2.95. The lowest BCUT2D eigenvalue weighted by atomic mass is 10.3. The van der Waals surface area contributed by atoms with E-state index in [1.54, 1.807) is 12.1 Å². The molecule has 1 heterocycles. The zero-order valence-corrected chi connectivity index (χ0v) is 9.31. The van der Waals surface area contributed by atoms with E-state index in [4.69, 9.17) is 0 Å². The summed E-state index contributed by atoms with van der Waals surface area (Å²) in [7, 11) is 0. The number of aromatic nitrogens is 1. The van der Waals surface area contributed by atoms with Crippen molar-refractivity contribution in [1.29, 1.82) is 0 Å². The van der Waals surface area contributed by atoms with Crippen LogP contribution in [0, 0.1) is 0 Å². The maximum atomic E-state index is 11.8. The minimum Gasteiger partial charge on any atom is -0.315 e. The van der Waals surface area contributed by atoms with E-state index in [2.05, 4.69) is 15.9 Å². The molecule has 2 nitrogen and oxygen atoms in total. The fourth-order valence-corrected chi connectivity index (χ4v) is 1.51. The lowest BCUT2D eigenvalue weighted by Gasteiger charge is -2.07. The van der Waals surface area contributed by atoms with Crippen molar-refractivity contribution in [2.75, 3.05) is 0 Å². The summed E-state index contributed by atoms with van der Waals surface area (Å²) in [5.41, 5.74) is -0.306. The van der Waals surface area contributed by atoms with Crippen molar-refractivity contribution in [1.82, 2.24) is 4.57 Å². The summed E-state index contributed by atoms with van der Waals surface area (Å²) >= 11 is 3.02. The first-order valence-corrected chi connectivity index (χ1v) is 5.11. The van der Waals surface area contributed by atoms with Gasteiger partial charge in [-0.1, -0.05) is 0 Å². The Balaban J connectivity index is 2.59. The summed E-state index contributed by atoms with van der Waals surface area (Å²) in [4.78, 5) is 11.4. The zero-order valence-electron chi connectivity index (χ0n) is 7.72. The topological polar surface area (TPSA) is 22.0 Å². The summed E-state index contributed by atoms with van der Waals surface area (Å²) in [5, 5.41) is 0. The summed E-state index contributed by atoms with van der Waals surface area (Å²) in [6.07, 6.45) is -3.63. The van der Waals surface area contributed by atoms with Gasteiger partial charge in [0.05, 0.1) is 4.47 Å². The second-order valence-corrected chi connectivity index (χ2v) is 3.93. The molecule has 0 unspecified atom stereocenters. The Bertz CT molecular complexity index is 386. The Labute approximate surface area is 92.8 Å². The van der Waals surface area contributed by atoms with Crippen LogP contribution in [0.1, 0.15) is 12.8 Å². The Morgan fingerprint density at radius 1 is 1.40 bits per heavy atom. The normalized spacial score (nSPS) is 11.7. The van der Waals surface area contributed by atoms with Gasteiger partial charge >= 0.3 is 6.18 Å². The molecule has 6 heteroatoms. The molecule has 1 rings (SSSR count). The van der Waals surface area contributed by atoms with Crippen LogP contribution < -0.4 is 5.56 Å². The molecule has 0 aromatic carbocycles. The van der Waals surface area contributed by atoms with E-state index in [9.17, 15) is 18.0 Å². The molecule has 0 aliphatic heterocycles. The average Bonchev–Trinajstić information content (AvgIpc) is 2.10. The molecule has 0 bridgehead atoms. The van der Waals surface area contributed by atoms with E-state index in [0.717, 1.165) is 0 Å². The van der Waals surface area contributed by atoms with E-state index in [-0.39, 0.29) is 18.5 Å². The van der Waals surface area contributed by atoms with Gasteiger partial charge < -0.3 is 4.57 Å². The number of aryl methyl sites for hydroxylation is 1. The van der Waals surface area contributed by atoms with Crippen LogP contribution in [0.2, 0.25) is 0 Å². The maximum Gasteiger partial charge on any atom is 0.389 e. The van der Waals surface area contributed by atoms with Crippen LogP contribution in [-0.2, 0) is 6.54 Å². The highest BCUT2D eigenvalue weighted by Gasteiger charge is 2.26. The van der Waals surface area contributed by atoms with Gasteiger partial charge in [0.1, 0.15) is 0 Å². The number of pyridine rings is 1. The highest BCUT2D eigenvalue weighted by Crippen LogP contribution is 2.21. The second kappa shape index (κ2) is 4.83. The fraction of sp³-hybridized carbons (Fsp3) is 0.444. The first kappa shape index (κ1) is 12.3. The maximum absolute atomic E-state index is 11.8. The van der Waals surface area contributed by atoms with Gasteiger partial charge in [-0.3, -0.25) is 4.79 Å². The van der Waals surface area contributed by atoms with Crippen LogP contribution in [0.5, 0.6) is 0 Å². The Hall–Kier alpha value is -0.780. The van der Waals surface area contributed by atoms with Crippen molar-refractivity contribution in [3.05, 3.63) is 33.2 Å². The van der Waals surface area contributed by atoms with Crippen molar-refractivity contribution in [2.24, 2.45) is 0 Å². The van der Waals surface area contributed by atoms with E-state index in [0.29, 0.717) is 4.47 Å². The van der Waals surface area contributed by atoms with Crippen LogP contribution in [-0.4, -0.2) is 10.7 Å². The highest BCUT2D eigenvalue weighted by molar-refractivity contribution is 9.10. The van der Waals surface area contributed by atoms with Crippen LogP contribution in [0.4, 0.5) is 13.2 Å². The number of alkyl halides is 3. The summed E-state index contributed by atoms with van der Waals surface area (Å²) in [5.74, 6) is 0. The molecule has 0 fully saturated rings. The van der Waals surface area contributed by atoms with Gasteiger partial charge in [0, 0.05) is 19.2 Å². The number of halogens is 4. The van der Waals surface area contributed by atoms with E-state index >= 15 is 0 Å². The average molecular weight is 284 g/mol. The van der Waals surface area contributed by atoms with Gasteiger partial charge in [0.2, 0.25) is 0 Å². The molecular weight excluding hydrogens is 275 g/mol. The standard InChI is InChI=1S/C9H9BrF3NO/c10-7-3-1-5-14(8(7)15)6-2-4-9(11,12)13/h1,3,5H,2,4,6H2. The molecule has 0 radical (unpaired) electrons. The van der Waals surface area contributed by atoms with Crippen LogP contribution in [0.15, 0.2) is 27.6 Å². The fourth-order valence-electron chi connectivity index (χ4n) is 1.13. The van der Waals surface area contributed by atoms with Gasteiger partial charge in [-0.15, -0.1) is 0 Å². The second-order valence-electron chi connectivity index (χ2n) is 3.07. The monoisotopic (exact) mass is 283 g/mol. The molecule has 15 heavy (non-hydrogen) atoms. The predicted molar refractivity (Wildman–Crippen MR) is 53.7 cm³/mol. The molecule has 0 N–H and O–H groups in total. The third kappa shape index (κ3) is 4.07. The first-order chi connectivity index (χ1) is 6.90. The van der Waals surface area contributed by atoms with Crippen LogP contribution >= 0.6 is 15.9 Å². The van der Waals surface area contributed by atoms with Gasteiger partial charge in [-0.05, 0) is 34.5 Å². The van der Waals surface area contributed by atoms with E-state index in [1.165, 1.54) is 10.8 Å². The smallest absolute Gasteiger partial charge is 0.315 e. The summed E-state index contributed by atoms with van der Waals surface area (Å²) < 4.78 is 37.1. The molecule has 0 aliphatic carbocycles. The highest BCUT2D eigenvalue weighted by atomic mass is 79.9. The van der Waals surface area contributed by atoms with Crippen molar-refractivity contribution in [3.8, 4) is 0 Å². The van der Waals surface area contributed by atoms with Crippen LogP contribution in [0.25, 0.3) is 0 Å². The van der Waals surface area contributed by atoms with Crippen molar-refractivity contribution in [3.63, 3.8) is 0 Å². The SMILES string of the molecule is O=c1c(Br)cccn1CCCC(F)(F)F. The first-order valence-electron chi connectivity index (χ1n) is 4.32. The molecule has 1 aromatic heterocycles. The van der Waals surface area contributed by atoms with E-state index in [1.807, 2.05) is 0 Å². The largest absolute Gasteiger partial charge is 0.389 e. The molecule has 0 amide bonds. The molecule has 84 valence electrons. The van der Waals surface area contributed by atoms with Crippen molar-refractivity contribution < 1.29 is 13.2 Å². The number of rotatable bonds is 3. The third-order valence-corrected chi connectivity index (χ3v) is 2.44. The van der Waals surface area contributed by atoms with Crippen molar-refractivity contribution >= 4 is 15.9 Å². The molecule has 1 aromatic rings. The Kier molecular flexibility index (Phi) is 3.96. The zero-order chi connectivity index (χ0) is 11.5. The molecule has 0 spiro atoms. The minimum absolute atomic E-state index is 0.0811. The minimum atomic E-state index is -4.16. The van der Waals surface area contributed by atoms with Crippen LogP contribution in [0.3, 0.4) is 0 Å². The molecule has 0 aliphatic rings. The summed E-state index contributed by atoms with van der Waals surface area (Å²) in [6.45, 7) is 0.0811. The number of hydrogen-bond acceptors (Lipinski definition) is 1. The van der Waals surface area contributed by atoms with Gasteiger partial charge in [0.25, 0.3) is 5.56 Å². The number of nitrogens with zero attached hydrogens (tertiary/aromatic N) is 1. The van der Waals surface area contributed by atoms with Crippen molar-refractivity contribution in [2.45, 2.75) is 25.6 Å². The van der Waals surface area contributed by atoms with Gasteiger partial charge in [0.15, 0.2) is 0 Å². The number of hydrogen-bond donors (Lipinski definition) is 0. The molecular formula is C9H9BrF3NO. The molecule has 0 saturated carbocycles. The molecule has 0 atom stereocenters. The van der Waals surface area contributed by atoms with Gasteiger partial charge in [-0.25, -0.2) is 0 Å².